The number of hydrogen-bond acceptors (Lipinski definition) is 2. The van der Waals surface area contributed by atoms with Crippen molar-refractivity contribution in [3.05, 3.63) is 35.4 Å². The number of nitrogens with two attached hydrogens (primary N) is 1. The van der Waals surface area contributed by atoms with Crippen LogP contribution in [0.15, 0.2) is 24.3 Å². The highest BCUT2D eigenvalue weighted by atomic mass is 16.2. The van der Waals surface area contributed by atoms with Crippen LogP contribution < -0.4 is 11.1 Å². The molecule has 0 atom stereocenters. The Morgan fingerprint density at radius 3 is 2.43 bits per heavy atom. The molecule has 128 valence electrons. The molecule has 2 rings (SSSR count). The third kappa shape index (κ3) is 4.25. The summed E-state index contributed by atoms with van der Waals surface area (Å²) in [6.45, 7) is 11.2. The van der Waals surface area contributed by atoms with E-state index in [0.717, 1.165) is 19.3 Å². The van der Waals surface area contributed by atoms with Crippen LogP contribution in [0.3, 0.4) is 0 Å². The third-order valence-electron chi connectivity index (χ3n) is 4.71. The van der Waals surface area contributed by atoms with Crippen LogP contribution in [-0.4, -0.2) is 34.6 Å². The standard InChI is InChI=1S/C19H31N3O/c1-14-7-6-8-15(11-14)9-10-21-17(23)22-18(2,3)12-16(20)13-19(22,4)5/h6-8,11,16H,9-10,12-13,20H2,1-5H3,(H,21,23). The van der Waals surface area contributed by atoms with Crippen LogP contribution in [0, 0.1) is 6.92 Å². The number of nitrogens with zero attached hydrogens (tertiary/aromatic N) is 1. The lowest BCUT2D eigenvalue weighted by Crippen LogP contribution is -2.67. The summed E-state index contributed by atoms with van der Waals surface area (Å²) in [5.74, 6) is 0. The molecule has 1 saturated heterocycles. The van der Waals surface area contributed by atoms with E-state index in [9.17, 15) is 4.79 Å². The smallest absolute Gasteiger partial charge is 0.318 e. The van der Waals surface area contributed by atoms with E-state index in [2.05, 4.69) is 64.2 Å². The summed E-state index contributed by atoms with van der Waals surface area (Å²) in [5, 5.41) is 3.09. The molecule has 0 saturated carbocycles. The predicted molar refractivity (Wildman–Crippen MR) is 95.5 cm³/mol. The van der Waals surface area contributed by atoms with Crippen molar-refractivity contribution in [2.24, 2.45) is 5.73 Å². The fourth-order valence-electron chi connectivity index (χ4n) is 4.17. The molecule has 1 aromatic rings. The van der Waals surface area contributed by atoms with Gasteiger partial charge in [0.2, 0.25) is 0 Å². The minimum atomic E-state index is -0.228. The molecule has 0 aliphatic carbocycles. The van der Waals surface area contributed by atoms with Gasteiger partial charge in [0.1, 0.15) is 0 Å². The molecule has 0 radical (unpaired) electrons. The number of carbonyl (C=O) groups is 1. The SMILES string of the molecule is Cc1cccc(CCNC(=O)N2C(C)(C)CC(N)CC2(C)C)c1. The highest BCUT2D eigenvalue weighted by molar-refractivity contribution is 5.76. The van der Waals surface area contributed by atoms with Crippen molar-refractivity contribution < 1.29 is 4.79 Å². The van der Waals surface area contributed by atoms with Crippen molar-refractivity contribution in [3.63, 3.8) is 0 Å². The Kier molecular flexibility index (Phi) is 5.04. The number of amides is 2. The minimum Gasteiger partial charge on any atom is -0.338 e. The topological polar surface area (TPSA) is 58.4 Å². The van der Waals surface area contributed by atoms with Crippen LogP contribution in [0.5, 0.6) is 0 Å². The zero-order valence-electron chi connectivity index (χ0n) is 15.1. The van der Waals surface area contributed by atoms with Gasteiger partial charge in [-0.2, -0.15) is 0 Å². The zero-order valence-corrected chi connectivity index (χ0v) is 15.1. The molecule has 2 amide bonds. The molecule has 0 aromatic heterocycles. The van der Waals surface area contributed by atoms with Gasteiger partial charge in [-0.1, -0.05) is 29.8 Å². The Morgan fingerprint density at radius 2 is 1.87 bits per heavy atom. The second kappa shape index (κ2) is 6.52. The summed E-state index contributed by atoms with van der Waals surface area (Å²) < 4.78 is 0. The molecule has 4 nitrogen and oxygen atoms in total. The van der Waals surface area contributed by atoms with Crippen molar-refractivity contribution in [3.8, 4) is 0 Å². The predicted octanol–water partition coefficient (Wildman–Crippen LogP) is 3.23. The maximum atomic E-state index is 12.8. The quantitative estimate of drug-likeness (QED) is 0.899. The Labute approximate surface area is 140 Å². The van der Waals surface area contributed by atoms with Crippen LogP contribution >= 0.6 is 0 Å². The van der Waals surface area contributed by atoms with Gasteiger partial charge in [-0.15, -0.1) is 0 Å². The number of aryl methyl sites for hydroxylation is 1. The molecule has 1 aliphatic rings. The van der Waals surface area contributed by atoms with Gasteiger partial charge in [0.15, 0.2) is 0 Å². The summed E-state index contributed by atoms with van der Waals surface area (Å²) in [6, 6.07) is 8.58. The van der Waals surface area contributed by atoms with Crippen molar-refractivity contribution in [1.82, 2.24) is 10.2 Å². The summed E-state index contributed by atoms with van der Waals surface area (Å²) in [7, 11) is 0. The van der Waals surface area contributed by atoms with E-state index < -0.39 is 0 Å². The zero-order chi connectivity index (χ0) is 17.3. The Bertz CT molecular complexity index is 547. The Balaban J connectivity index is 1.98. The number of benzene rings is 1. The van der Waals surface area contributed by atoms with E-state index >= 15 is 0 Å². The minimum absolute atomic E-state index is 0.0135. The number of rotatable bonds is 3. The van der Waals surface area contributed by atoms with Crippen molar-refractivity contribution in [1.29, 1.82) is 0 Å². The number of hydrogen-bond donors (Lipinski definition) is 2. The lowest BCUT2D eigenvalue weighted by atomic mass is 9.77. The summed E-state index contributed by atoms with van der Waals surface area (Å²) in [6.07, 6.45) is 2.52. The van der Waals surface area contributed by atoms with E-state index in [4.69, 9.17) is 5.73 Å². The van der Waals surface area contributed by atoms with Gasteiger partial charge in [-0.3, -0.25) is 0 Å². The lowest BCUT2D eigenvalue weighted by Gasteiger charge is -2.54. The van der Waals surface area contributed by atoms with Crippen molar-refractivity contribution in [2.45, 2.75) is 71.0 Å². The van der Waals surface area contributed by atoms with E-state index in [0.29, 0.717) is 6.54 Å². The number of carbonyl (C=O) groups excluding carboxylic acids is 1. The molecule has 1 aliphatic heterocycles. The van der Waals surface area contributed by atoms with Crippen LogP contribution in [0.4, 0.5) is 4.79 Å². The molecule has 1 aromatic carbocycles. The number of nitrogens with one attached hydrogen (secondary N) is 1. The van der Waals surface area contributed by atoms with Gasteiger partial charge in [0, 0.05) is 23.7 Å². The van der Waals surface area contributed by atoms with Crippen molar-refractivity contribution in [2.75, 3.05) is 6.54 Å². The maximum absolute atomic E-state index is 12.8. The van der Waals surface area contributed by atoms with E-state index in [1.54, 1.807) is 0 Å². The summed E-state index contributed by atoms with van der Waals surface area (Å²) in [5.41, 5.74) is 8.23. The number of urea groups is 1. The van der Waals surface area contributed by atoms with E-state index in [-0.39, 0.29) is 23.2 Å². The first-order valence-electron chi connectivity index (χ1n) is 8.51. The van der Waals surface area contributed by atoms with Crippen LogP contribution in [-0.2, 0) is 6.42 Å². The Morgan fingerprint density at radius 1 is 1.26 bits per heavy atom. The molecular formula is C19H31N3O. The maximum Gasteiger partial charge on any atom is 0.318 e. The highest BCUT2D eigenvalue weighted by Gasteiger charge is 2.46. The fraction of sp³-hybridized carbons (Fsp3) is 0.632. The molecule has 1 heterocycles. The first-order valence-corrected chi connectivity index (χ1v) is 8.51. The summed E-state index contributed by atoms with van der Waals surface area (Å²) >= 11 is 0. The monoisotopic (exact) mass is 317 g/mol. The second-order valence-electron chi connectivity index (χ2n) is 8.10. The van der Waals surface area contributed by atoms with Gasteiger partial charge in [-0.25, -0.2) is 4.79 Å². The highest BCUT2D eigenvalue weighted by Crippen LogP contribution is 2.37. The largest absolute Gasteiger partial charge is 0.338 e. The Hall–Kier alpha value is -1.55. The van der Waals surface area contributed by atoms with E-state index in [1.807, 2.05) is 4.90 Å². The molecule has 4 heteroatoms. The normalized spacial score (nSPS) is 20.3. The van der Waals surface area contributed by atoms with Gasteiger partial charge in [0.05, 0.1) is 0 Å². The van der Waals surface area contributed by atoms with Gasteiger partial charge >= 0.3 is 6.03 Å². The average molecular weight is 317 g/mol. The van der Waals surface area contributed by atoms with Gasteiger partial charge in [0.25, 0.3) is 0 Å². The molecule has 0 bridgehead atoms. The van der Waals surface area contributed by atoms with Crippen LogP contribution in [0.1, 0.15) is 51.7 Å². The fourth-order valence-corrected chi connectivity index (χ4v) is 4.17. The second-order valence-corrected chi connectivity index (χ2v) is 8.10. The molecule has 23 heavy (non-hydrogen) atoms. The van der Waals surface area contributed by atoms with Crippen LogP contribution in [0.2, 0.25) is 0 Å². The number of likely N-dealkylation sites (tertiary alicyclic amines) is 1. The molecule has 3 N–H and O–H groups in total. The molecular weight excluding hydrogens is 286 g/mol. The molecule has 0 spiro atoms. The van der Waals surface area contributed by atoms with Crippen LogP contribution in [0.25, 0.3) is 0 Å². The lowest BCUT2D eigenvalue weighted by molar-refractivity contribution is 0.00325. The van der Waals surface area contributed by atoms with Gasteiger partial charge < -0.3 is 16.0 Å². The summed E-state index contributed by atoms with van der Waals surface area (Å²) in [4.78, 5) is 14.8. The third-order valence-corrected chi connectivity index (χ3v) is 4.71. The first kappa shape index (κ1) is 17.8. The number of piperidine rings is 1. The van der Waals surface area contributed by atoms with Crippen molar-refractivity contribution >= 4 is 6.03 Å². The average Bonchev–Trinajstić information content (AvgIpc) is 2.34. The first-order chi connectivity index (χ1) is 10.6. The van der Waals surface area contributed by atoms with E-state index in [1.165, 1.54) is 11.1 Å². The van der Waals surface area contributed by atoms with Gasteiger partial charge in [-0.05, 0) is 59.4 Å². The molecule has 1 fully saturated rings. The molecule has 0 unspecified atom stereocenters.